The van der Waals surface area contributed by atoms with E-state index in [1.807, 2.05) is 50.2 Å². The molecule has 2 aromatic carbocycles. The zero-order chi connectivity index (χ0) is 22.2. The number of benzene rings is 2. The number of carbonyl (C=O) groups is 1. The average Bonchev–Trinajstić information content (AvgIpc) is 3.22. The molecular weight excluding hydrogens is 401 g/mol. The van der Waals surface area contributed by atoms with Crippen LogP contribution in [0.25, 0.3) is 0 Å². The largest absolute Gasteiger partial charge is 0.478 e. The molecule has 31 heavy (non-hydrogen) atoms. The minimum Gasteiger partial charge on any atom is -0.478 e. The molecule has 8 nitrogen and oxygen atoms in total. The number of nitrogens with zero attached hydrogens (tertiary/aromatic N) is 2. The van der Waals surface area contributed by atoms with Crippen molar-refractivity contribution in [1.29, 1.82) is 0 Å². The predicted octanol–water partition coefficient (Wildman–Crippen LogP) is 4.11. The predicted molar refractivity (Wildman–Crippen MR) is 116 cm³/mol. The van der Waals surface area contributed by atoms with Gasteiger partial charge >= 0.3 is 5.97 Å². The van der Waals surface area contributed by atoms with Crippen LogP contribution in [0.2, 0.25) is 0 Å². The van der Waals surface area contributed by atoms with Crippen molar-refractivity contribution in [3.05, 3.63) is 66.1 Å². The van der Waals surface area contributed by atoms with Gasteiger partial charge in [-0.3, -0.25) is 0 Å². The van der Waals surface area contributed by atoms with Crippen molar-refractivity contribution in [3.63, 3.8) is 0 Å². The summed E-state index contributed by atoms with van der Waals surface area (Å²) < 4.78 is 19.7. The van der Waals surface area contributed by atoms with Crippen LogP contribution in [0.3, 0.4) is 0 Å². The zero-order valence-corrected chi connectivity index (χ0v) is 17.5. The highest BCUT2D eigenvalue weighted by Crippen LogP contribution is 2.32. The van der Waals surface area contributed by atoms with E-state index in [2.05, 4.69) is 26.1 Å². The number of para-hydroxylation sites is 1. The summed E-state index contributed by atoms with van der Waals surface area (Å²) >= 11 is 0. The second-order valence-electron chi connectivity index (χ2n) is 6.26. The van der Waals surface area contributed by atoms with Crippen molar-refractivity contribution in [2.45, 2.75) is 26.4 Å². The van der Waals surface area contributed by atoms with E-state index in [1.54, 1.807) is 12.1 Å². The number of anilines is 4. The van der Waals surface area contributed by atoms with Gasteiger partial charge in [0.25, 0.3) is 0 Å². The molecule has 1 aromatic heterocycles. The van der Waals surface area contributed by atoms with Crippen molar-refractivity contribution in [2.24, 2.45) is 0 Å². The Bertz CT molecular complexity index is 1030. The quantitative estimate of drug-likeness (QED) is 0.508. The van der Waals surface area contributed by atoms with E-state index in [-0.39, 0.29) is 11.8 Å². The Kier molecular flexibility index (Phi) is 7.34. The van der Waals surface area contributed by atoms with Gasteiger partial charge in [0, 0.05) is 30.4 Å². The van der Waals surface area contributed by atoms with Gasteiger partial charge in [0.2, 0.25) is 12.1 Å². The number of fused-ring (bicyclic) bond motifs is 1. The van der Waals surface area contributed by atoms with Crippen LogP contribution in [0.5, 0.6) is 5.75 Å². The molecule has 3 N–H and O–H groups in total. The van der Waals surface area contributed by atoms with E-state index in [0.29, 0.717) is 23.5 Å². The van der Waals surface area contributed by atoms with Crippen LogP contribution < -0.4 is 20.9 Å². The highest BCUT2D eigenvalue weighted by Gasteiger charge is 2.30. The van der Waals surface area contributed by atoms with Crippen LogP contribution in [-0.4, -0.2) is 29.1 Å². The zero-order valence-electron chi connectivity index (χ0n) is 17.5. The first-order chi connectivity index (χ1) is 15.1. The molecule has 1 unspecified atom stereocenters. The van der Waals surface area contributed by atoms with E-state index in [1.165, 1.54) is 7.05 Å². The third kappa shape index (κ3) is 5.46. The first kappa shape index (κ1) is 22.0. The molecule has 1 aliphatic rings. The molecule has 0 saturated carbocycles. The first-order valence-electron chi connectivity index (χ1n) is 9.91. The Labute approximate surface area is 179 Å². The lowest BCUT2D eigenvalue weighted by atomic mass is 10.1. The van der Waals surface area contributed by atoms with Crippen molar-refractivity contribution in [2.75, 3.05) is 17.7 Å². The number of rotatable bonds is 6. The number of nitrogens with one attached hydrogen (secondary N) is 3. The van der Waals surface area contributed by atoms with Crippen LogP contribution in [0, 0.1) is 5.82 Å². The number of aromatic nitrogens is 2. The van der Waals surface area contributed by atoms with E-state index in [4.69, 9.17) is 9.57 Å². The summed E-state index contributed by atoms with van der Waals surface area (Å²) in [6.07, 6.45) is 0.786. The summed E-state index contributed by atoms with van der Waals surface area (Å²) in [7, 11) is 1.51. The third-order valence-corrected chi connectivity index (χ3v) is 4.24. The fourth-order valence-corrected chi connectivity index (χ4v) is 2.93. The van der Waals surface area contributed by atoms with Gasteiger partial charge in [-0.1, -0.05) is 32.0 Å². The van der Waals surface area contributed by atoms with Gasteiger partial charge < -0.3 is 20.2 Å². The lowest BCUT2D eigenvalue weighted by molar-refractivity contribution is -0.157. The summed E-state index contributed by atoms with van der Waals surface area (Å²) in [5.74, 6) is -0.146. The second-order valence-corrected chi connectivity index (χ2v) is 6.26. The normalized spacial score (nSPS) is 13.9. The Morgan fingerprint density at radius 3 is 2.65 bits per heavy atom. The van der Waals surface area contributed by atoms with Crippen molar-refractivity contribution >= 4 is 29.1 Å². The molecule has 0 bridgehead atoms. The lowest BCUT2D eigenvalue weighted by Gasteiger charge is -2.10. The van der Waals surface area contributed by atoms with Crippen molar-refractivity contribution in [3.8, 4) is 5.75 Å². The minimum absolute atomic E-state index is 0.0630. The maximum atomic E-state index is 14.1. The number of hydroxylamine groups is 1. The van der Waals surface area contributed by atoms with E-state index in [9.17, 15) is 9.18 Å². The van der Waals surface area contributed by atoms with Gasteiger partial charge in [0.15, 0.2) is 11.6 Å². The third-order valence-electron chi connectivity index (χ3n) is 4.24. The molecule has 3 aromatic rings. The summed E-state index contributed by atoms with van der Waals surface area (Å²) in [5.41, 5.74) is 4.59. The molecule has 1 aliphatic heterocycles. The topological polar surface area (TPSA) is 97.4 Å². The van der Waals surface area contributed by atoms with Crippen LogP contribution in [-0.2, 0) is 16.1 Å². The fraction of sp³-hybridized carbons (Fsp3) is 0.227. The highest BCUT2D eigenvalue weighted by atomic mass is 19.1. The van der Waals surface area contributed by atoms with Crippen LogP contribution in [0.15, 0.2) is 54.7 Å². The summed E-state index contributed by atoms with van der Waals surface area (Å²) in [6, 6.07) is 14.5. The Hall–Kier alpha value is -3.72. The number of hydrogen-bond acceptors (Lipinski definition) is 8. The van der Waals surface area contributed by atoms with Crippen LogP contribution in [0.1, 0.15) is 19.4 Å². The molecule has 0 amide bonds. The van der Waals surface area contributed by atoms with E-state index >= 15 is 0 Å². The SMILES string of the molecule is CC.CNOC(=O)C1Cc2cc(Nc3ncc(F)c(Nc4ccccc4)n3)ccc2O1. The van der Waals surface area contributed by atoms with Crippen molar-refractivity contribution < 1.29 is 18.8 Å². The maximum absolute atomic E-state index is 14.1. The molecule has 2 heterocycles. The van der Waals surface area contributed by atoms with Gasteiger partial charge in [0.1, 0.15) is 5.75 Å². The Morgan fingerprint density at radius 2 is 1.90 bits per heavy atom. The van der Waals surface area contributed by atoms with Gasteiger partial charge in [0.05, 0.1) is 6.20 Å². The molecular formula is C22H24FN5O3. The van der Waals surface area contributed by atoms with Gasteiger partial charge in [-0.05, 0) is 30.3 Å². The summed E-state index contributed by atoms with van der Waals surface area (Å²) in [5, 5.41) is 5.97. The molecule has 4 rings (SSSR count). The summed E-state index contributed by atoms with van der Waals surface area (Å²) in [4.78, 5) is 24.8. The molecule has 0 radical (unpaired) electrons. The van der Waals surface area contributed by atoms with Crippen LogP contribution in [0.4, 0.5) is 27.5 Å². The Morgan fingerprint density at radius 1 is 1.13 bits per heavy atom. The molecule has 9 heteroatoms. The van der Waals surface area contributed by atoms with Crippen molar-refractivity contribution in [1.82, 2.24) is 15.4 Å². The standard InChI is InChI=1S/C20H18FN5O3.C2H6/c1-22-29-19(27)17-10-12-9-14(7-8-16(12)28-17)25-20-23-11-15(21)18(26-20)24-13-5-3-2-4-6-13;1-2/h2-9,11,17,22H,10H2,1H3,(H2,23,24,25,26);1-2H3. The van der Waals surface area contributed by atoms with Crippen LogP contribution >= 0.6 is 0 Å². The van der Waals surface area contributed by atoms with E-state index < -0.39 is 17.9 Å². The maximum Gasteiger partial charge on any atom is 0.366 e. The molecule has 0 spiro atoms. The first-order valence-corrected chi connectivity index (χ1v) is 9.91. The second kappa shape index (κ2) is 10.4. The fourth-order valence-electron chi connectivity index (χ4n) is 2.93. The van der Waals surface area contributed by atoms with Gasteiger partial charge in [-0.15, -0.1) is 0 Å². The summed E-state index contributed by atoms with van der Waals surface area (Å²) in [6.45, 7) is 4.00. The molecule has 162 valence electrons. The lowest BCUT2D eigenvalue weighted by Crippen LogP contribution is -2.31. The highest BCUT2D eigenvalue weighted by molar-refractivity contribution is 5.77. The smallest absolute Gasteiger partial charge is 0.366 e. The monoisotopic (exact) mass is 425 g/mol. The molecule has 0 saturated heterocycles. The van der Waals surface area contributed by atoms with Gasteiger partial charge in [-0.2, -0.15) is 10.5 Å². The van der Waals surface area contributed by atoms with Gasteiger partial charge in [-0.25, -0.2) is 14.2 Å². The number of carbonyl (C=O) groups excluding carboxylic acids is 1. The average molecular weight is 425 g/mol. The molecule has 1 atom stereocenters. The van der Waals surface area contributed by atoms with E-state index in [0.717, 1.165) is 11.8 Å². The molecule has 0 aliphatic carbocycles. The minimum atomic E-state index is -0.698. The Balaban J connectivity index is 0.00000132. The molecule has 0 fully saturated rings. The number of hydrogen-bond donors (Lipinski definition) is 3. The number of ether oxygens (including phenoxy) is 1. The number of halogens is 1.